The summed E-state index contributed by atoms with van der Waals surface area (Å²) in [6, 6.07) is 5.51. The molecular formula is C17H25ClN2O2S. The van der Waals surface area contributed by atoms with Crippen LogP contribution in [0.2, 0.25) is 5.02 Å². The molecule has 1 fully saturated rings. The zero-order valence-electron chi connectivity index (χ0n) is 14.0. The number of nitrogens with one attached hydrogen (secondary N) is 1. The topological polar surface area (TPSA) is 41.6 Å². The molecule has 0 spiro atoms. The number of rotatable bonds is 6. The molecule has 1 heterocycles. The van der Waals surface area contributed by atoms with Crippen molar-refractivity contribution in [3.63, 3.8) is 0 Å². The molecule has 0 saturated carbocycles. The second-order valence-electron chi connectivity index (χ2n) is 6.20. The van der Waals surface area contributed by atoms with E-state index in [1.54, 1.807) is 17.8 Å². The van der Waals surface area contributed by atoms with Gasteiger partial charge in [-0.2, -0.15) is 0 Å². The first kappa shape index (κ1) is 18.6. The Labute approximate surface area is 147 Å². The van der Waals surface area contributed by atoms with E-state index in [9.17, 15) is 4.79 Å². The van der Waals surface area contributed by atoms with Crippen LogP contribution in [0.5, 0.6) is 0 Å². The van der Waals surface area contributed by atoms with Crippen molar-refractivity contribution in [1.29, 1.82) is 0 Å². The summed E-state index contributed by atoms with van der Waals surface area (Å²) in [4.78, 5) is 15.8. The van der Waals surface area contributed by atoms with E-state index < -0.39 is 0 Å². The molecule has 0 aliphatic carbocycles. The zero-order valence-corrected chi connectivity index (χ0v) is 15.5. The Kier molecular flexibility index (Phi) is 7.21. The third-order valence-electron chi connectivity index (χ3n) is 3.75. The molecule has 2 rings (SSSR count). The SMILES string of the molecule is CSc1ccc(Cl)c(C(=O)NC[C@H]2CN(CC(C)C)CCO2)c1. The number of morpholine rings is 1. The maximum absolute atomic E-state index is 12.4. The summed E-state index contributed by atoms with van der Waals surface area (Å²) in [6.45, 7) is 8.54. The highest BCUT2D eigenvalue weighted by Crippen LogP contribution is 2.23. The van der Waals surface area contributed by atoms with Gasteiger partial charge in [0.05, 0.1) is 23.3 Å². The van der Waals surface area contributed by atoms with Crippen LogP contribution in [0, 0.1) is 5.92 Å². The van der Waals surface area contributed by atoms with Crippen molar-refractivity contribution in [3.05, 3.63) is 28.8 Å². The number of benzene rings is 1. The Balaban J connectivity index is 1.89. The quantitative estimate of drug-likeness (QED) is 0.795. The highest BCUT2D eigenvalue weighted by atomic mass is 35.5. The van der Waals surface area contributed by atoms with Crippen LogP contribution in [0.1, 0.15) is 24.2 Å². The van der Waals surface area contributed by atoms with Crippen LogP contribution >= 0.6 is 23.4 Å². The van der Waals surface area contributed by atoms with E-state index in [2.05, 4.69) is 24.1 Å². The average molecular weight is 357 g/mol. The monoisotopic (exact) mass is 356 g/mol. The summed E-state index contributed by atoms with van der Waals surface area (Å²) in [7, 11) is 0. The van der Waals surface area contributed by atoms with Gasteiger partial charge in [-0.05, 0) is 30.4 Å². The molecule has 1 saturated heterocycles. The fourth-order valence-corrected chi connectivity index (χ4v) is 3.34. The fraction of sp³-hybridized carbons (Fsp3) is 0.588. The van der Waals surface area contributed by atoms with Crippen molar-refractivity contribution in [2.45, 2.75) is 24.8 Å². The van der Waals surface area contributed by atoms with E-state index in [1.807, 2.05) is 18.4 Å². The van der Waals surface area contributed by atoms with E-state index in [-0.39, 0.29) is 12.0 Å². The molecule has 0 aromatic heterocycles. The summed E-state index contributed by atoms with van der Waals surface area (Å²) in [5, 5.41) is 3.43. The molecule has 0 radical (unpaired) electrons. The number of hydrogen-bond acceptors (Lipinski definition) is 4. The van der Waals surface area contributed by atoms with Crippen LogP contribution in [0.15, 0.2) is 23.1 Å². The van der Waals surface area contributed by atoms with Gasteiger partial charge >= 0.3 is 0 Å². The van der Waals surface area contributed by atoms with E-state index >= 15 is 0 Å². The van der Waals surface area contributed by atoms with Gasteiger partial charge in [0.15, 0.2) is 0 Å². The van der Waals surface area contributed by atoms with E-state index in [4.69, 9.17) is 16.3 Å². The Bertz CT molecular complexity index is 539. The van der Waals surface area contributed by atoms with Crippen LogP contribution < -0.4 is 5.32 Å². The normalized spacial score (nSPS) is 19.1. The lowest BCUT2D eigenvalue weighted by Crippen LogP contribution is -2.48. The molecule has 1 aliphatic rings. The number of hydrogen-bond donors (Lipinski definition) is 1. The second kappa shape index (κ2) is 8.92. The van der Waals surface area contributed by atoms with Gasteiger partial charge in [-0.25, -0.2) is 0 Å². The fourth-order valence-electron chi connectivity index (χ4n) is 2.69. The van der Waals surface area contributed by atoms with E-state index in [1.165, 1.54) is 0 Å². The zero-order chi connectivity index (χ0) is 16.8. The van der Waals surface area contributed by atoms with Crippen molar-refractivity contribution in [2.24, 2.45) is 5.92 Å². The van der Waals surface area contributed by atoms with Gasteiger partial charge in [0, 0.05) is 31.1 Å². The van der Waals surface area contributed by atoms with Crippen molar-refractivity contribution in [1.82, 2.24) is 10.2 Å². The molecule has 1 aromatic carbocycles. The molecule has 0 unspecified atom stereocenters. The van der Waals surface area contributed by atoms with Crippen molar-refractivity contribution in [2.75, 3.05) is 39.0 Å². The Morgan fingerprint density at radius 1 is 1.52 bits per heavy atom. The first-order valence-corrected chi connectivity index (χ1v) is 9.55. The first-order chi connectivity index (χ1) is 11.0. The number of carbonyl (C=O) groups is 1. The Hall–Kier alpha value is -0.750. The number of halogens is 1. The van der Waals surface area contributed by atoms with Gasteiger partial charge in [0.2, 0.25) is 0 Å². The maximum Gasteiger partial charge on any atom is 0.252 e. The van der Waals surface area contributed by atoms with E-state index in [0.29, 0.717) is 23.0 Å². The minimum Gasteiger partial charge on any atom is -0.374 e. The highest BCUT2D eigenvalue weighted by Gasteiger charge is 2.22. The molecular weight excluding hydrogens is 332 g/mol. The largest absolute Gasteiger partial charge is 0.374 e. The predicted molar refractivity (Wildman–Crippen MR) is 96.6 cm³/mol. The van der Waals surface area contributed by atoms with E-state index in [0.717, 1.165) is 31.1 Å². The molecule has 1 amide bonds. The molecule has 4 nitrogen and oxygen atoms in total. The second-order valence-corrected chi connectivity index (χ2v) is 7.49. The number of ether oxygens (including phenoxy) is 1. The third kappa shape index (κ3) is 5.68. The number of amides is 1. The van der Waals surface area contributed by atoms with Crippen molar-refractivity contribution < 1.29 is 9.53 Å². The lowest BCUT2D eigenvalue weighted by molar-refractivity contribution is -0.0295. The van der Waals surface area contributed by atoms with Gasteiger partial charge in [0.25, 0.3) is 5.91 Å². The molecule has 6 heteroatoms. The average Bonchev–Trinajstić information content (AvgIpc) is 2.53. The summed E-state index contributed by atoms with van der Waals surface area (Å²) in [5.74, 6) is 0.493. The molecule has 23 heavy (non-hydrogen) atoms. The van der Waals surface area contributed by atoms with Crippen molar-refractivity contribution >= 4 is 29.3 Å². The summed E-state index contributed by atoms with van der Waals surface area (Å²) >= 11 is 7.73. The molecule has 1 atom stereocenters. The minimum atomic E-state index is -0.143. The van der Waals surface area contributed by atoms with Crippen LogP contribution in [-0.2, 0) is 4.74 Å². The summed E-state index contributed by atoms with van der Waals surface area (Å²) in [5.41, 5.74) is 0.522. The summed E-state index contributed by atoms with van der Waals surface area (Å²) in [6.07, 6.45) is 2.01. The van der Waals surface area contributed by atoms with Gasteiger partial charge in [-0.1, -0.05) is 25.4 Å². The summed E-state index contributed by atoms with van der Waals surface area (Å²) < 4.78 is 5.76. The first-order valence-electron chi connectivity index (χ1n) is 7.95. The Morgan fingerprint density at radius 3 is 3.00 bits per heavy atom. The number of thioether (sulfide) groups is 1. The van der Waals surface area contributed by atoms with Gasteiger partial charge in [-0.15, -0.1) is 11.8 Å². The minimum absolute atomic E-state index is 0.0361. The standard InChI is InChI=1S/C17H25ClN2O2S/c1-12(2)10-20-6-7-22-13(11-20)9-19-17(21)15-8-14(23-3)4-5-16(15)18/h4-5,8,12-13H,6-7,9-11H2,1-3H3,(H,19,21)/t13-/m0/s1. The maximum atomic E-state index is 12.4. The van der Waals surface area contributed by atoms with Crippen LogP contribution in [0.4, 0.5) is 0 Å². The predicted octanol–water partition coefficient (Wildman–Crippen LogP) is 3.15. The molecule has 1 aromatic rings. The van der Waals surface area contributed by atoms with Gasteiger partial charge in [0.1, 0.15) is 0 Å². The van der Waals surface area contributed by atoms with Crippen molar-refractivity contribution in [3.8, 4) is 0 Å². The highest BCUT2D eigenvalue weighted by molar-refractivity contribution is 7.98. The molecule has 1 aliphatic heterocycles. The number of carbonyl (C=O) groups excluding carboxylic acids is 1. The lowest BCUT2D eigenvalue weighted by Gasteiger charge is -2.34. The Morgan fingerprint density at radius 2 is 2.30 bits per heavy atom. The molecule has 128 valence electrons. The van der Waals surface area contributed by atoms with Gasteiger partial charge < -0.3 is 10.1 Å². The smallest absolute Gasteiger partial charge is 0.252 e. The van der Waals surface area contributed by atoms with Crippen LogP contribution in [0.3, 0.4) is 0 Å². The molecule has 1 N–H and O–H groups in total. The molecule has 0 bridgehead atoms. The lowest BCUT2D eigenvalue weighted by atomic mass is 10.1. The van der Waals surface area contributed by atoms with Crippen LogP contribution in [-0.4, -0.2) is 56.0 Å². The number of nitrogens with zero attached hydrogens (tertiary/aromatic N) is 1. The third-order valence-corrected chi connectivity index (χ3v) is 4.81. The van der Waals surface area contributed by atoms with Crippen LogP contribution in [0.25, 0.3) is 0 Å². The van der Waals surface area contributed by atoms with Gasteiger partial charge in [-0.3, -0.25) is 9.69 Å².